The summed E-state index contributed by atoms with van der Waals surface area (Å²) in [5.41, 5.74) is -0.211. The van der Waals surface area contributed by atoms with Gasteiger partial charge in [0.1, 0.15) is 0 Å². The lowest BCUT2D eigenvalue weighted by Gasteiger charge is -2.31. The topological polar surface area (TPSA) is 131 Å². The molecular formula is C32H58N2O10. The number of hydrogen-bond acceptors (Lipinski definition) is 10. The van der Waals surface area contributed by atoms with Crippen LogP contribution in [-0.4, -0.2) is 128 Å². The summed E-state index contributed by atoms with van der Waals surface area (Å²) in [4.78, 5) is 39.3. The van der Waals surface area contributed by atoms with E-state index in [1.54, 1.807) is 0 Å². The number of ether oxygens (including phenoxy) is 7. The van der Waals surface area contributed by atoms with Crippen LogP contribution in [0.4, 0.5) is 0 Å². The average molecular weight is 631 g/mol. The third kappa shape index (κ3) is 16.1. The van der Waals surface area contributed by atoms with Gasteiger partial charge in [0.15, 0.2) is 0 Å². The monoisotopic (exact) mass is 630 g/mol. The minimum Gasteiger partial charge on any atom is -0.379 e. The van der Waals surface area contributed by atoms with Crippen LogP contribution in [0.15, 0.2) is 0 Å². The number of imide groups is 1. The molecular weight excluding hydrogens is 572 g/mol. The molecule has 2 fully saturated rings. The molecule has 1 aliphatic heterocycles. The molecule has 1 saturated heterocycles. The van der Waals surface area contributed by atoms with Crippen molar-refractivity contribution in [3.8, 4) is 0 Å². The number of rotatable bonds is 25. The van der Waals surface area contributed by atoms with Gasteiger partial charge in [-0.1, -0.05) is 20.8 Å². The van der Waals surface area contributed by atoms with Crippen molar-refractivity contribution in [3.05, 3.63) is 0 Å². The molecule has 12 heteroatoms. The quantitative estimate of drug-likeness (QED) is 0.119. The second-order valence-electron chi connectivity index (χ2n) is 12.3. The van der Waals surface area contributed by atoms with E-state index in [4.69, 9.17) is 33.2 Å². The van der Waals surface area contributed by atoms with Crippen LogP contribution < -0.4 is 5.32 Å². The van der Waals surface area contributed by atoms with Crippen LogP contribution in [0.1, 0.15) is 59.8 Å². The van der Waals surface area contributed by atoms with Crippen LogP contribution >= 0.6 is 0 Å². The molecule has 256 valence electrons. The van der Waals surface area contributed by atoms with Crippen LogP contribution in [0, 0.1) is 23.2 Å². The molecule has 0 bridgehead atoms. The van der Waals surface area contributed by atoms with Crippen LogP contribution in [0.25, 0.3) is 0 Å². The number of carbonyl (C=O) groups is 3. The molecule has 0 aromatic rings. The Kier molecular flexibility index (Phi) is 19.9. The minimum atomic E-state index is -0.235. The van der Waals surface area contributed by atoms with Gasteiger partial charge in [-0.25, -0.2) is 0 Å². The fourth-order valence-electron chi connectivity index (χ4n) is 5.27. The standard InChI is InChI=1S/C32H58N2O10/c1-5-38-12-13-40-16-17-42-20-21-44-23-22-43-19-18-41-15-14-39-11-10-33-30(36)27-8-6-26(7-9-27)25-34-29(35)24-28(31(34)37)32(2,3)4/h26-28H,5-25H2,1-4H3,(H,33,36). The molecule has 3 amide bonds. The number of hydrogen-bond donors (Lipinski definition) is 1. The SMILES string of the molecule is CCOCCOCCOCCOCCOCCOCCOCCNC(=O)C1CCC(CN2C(=O)CC(C(C)(C)C)C2=O)CC1. The van der Waals surface area contributed by atoms with Gasteiger partial charge in [0, 0.05) is 32.0 Å². The zero-order valence-electron chi connectivity index (χ0n) is 27.6. The van der Waals surface area contributed by atoms with E-state index in [-0.39, 0.29) is 40.9 Å². The van der Waals surface area contributed by atoms with Crippen molar-refractivity contribution < 1.29 is 47.5 Å². The van der Waals surface area contributed by atoms with E-state index in [0.29, 0.717) is 112 Å². The summed E-state index contributed by atoms with van der Waals surface area (Å²) in [5.74, 6) is -0.0310. The lowest BCUT2D eigenvalue weighted by molar-refractivity contribution is -0.141. The smallest absolute Gasteiger partial charge is 0.233 e. The van der Waals surface area contributed by atoms with Crippen LogP contribution in [0.2, 0.25) is 0 Å². The molecule has 0 aromatic heterocycles. The normalized spacial score (nSPS) is 20.9. The first-order chi connectivity index (χ1) is 21.2. The van der Waals surface area contributed by atoms with E-state index < -0.39 is 0 Å². The van der Waals surface area contributed by atoms with Crippen LogP contribution in [0.5, 0.6) is 0 Å². The lowest BCUT2D eigenvalue weighted by Crippen LogP contribution is -2.40. The summed E-state index contributed by atoms with van der Waals surface area (Å²) < 4.78 is 37.9. The number of likely N-dealkylation sites (tertiary alicyclic amines) is 1. The summed E-state index contributed by atoms with van der Waals surface area (Å²) in [6, 6.07) is 0. The molecule has 0 radical (unpaired) electrons. The van der Waals surface area contributed by atoms with Gasteiger partial charge in [0.2, 0.25) is 17.7 Å². The summed E-state index contributed by atoms with van der Waals surface area (Å²) in [5, 5.41) is 2.96. The molecule has 1 N–H and O–H groups in total. The lowest BCUT2D eigenvalue weighted by atomic mass is 9.79. The molecule has 1 aliphatic carbocycles. The summed E-state index contributed by atoms with van der Waals surface area (Å²) in [6.07, 6.45) is 3.56. The van der Waals surface area contributed by atoms with Crippen molar-refractivity contribution in [1.82, 2.24) is 10.2 Å². The van der Waals surface area contributed by atoms with Gasteiger partial charge < -0.3 is 38.5 Å². The molecule has 1 atom stereocenters. The molecule has 0 aromatic carbocycles. The second kappa shape index (κ2) is 22.8. The summed E-state index contributed by atoms with van der Waals surface area (Å²) in [6.45, 7) is 16.3. The molecule has 1 saturated carbocycles. The van der Waals surface area contributed by atoms with E-state index >= 15 is 0 Å². The molecule has 1 unspecified atom stereocenters. The van der Waals surface area contributed by atoms with Gasteiger partial charge in [-0.05, 0) is 43.9 Å². The molecule has 0 spiro atoms. The number of amides is 3. The first-order valence-electron chi connectivity index (χ1n) is 16.4. The Hall–Kier alpha value is -1.67. The minimum absolute atomic E-state index is 0.0260. The third-order valence-electron chi connectivity index (χ3n) is 7.93. The number of nitrogens with one attached hydrogen (secondary N) is 1. The molecule has 44 heavy (non-hydrogen) atoms. The predicted molar refractivity (Wildman–Crippen MR) is 164 cm³/mol. The summed E-state index contributed by atoms with van der Waals surface area (Å²) in [7, 11) is 0. The Labute approximate surface area is 264 Å². The molecule has 12 nitrogen and oxygen atoms in total. The second-order valence-corrected chi connectivity index (χ2v) is 12.3. The van der Waals surface area contributed by atoms with Gasteiger partial charge in [0.05, 0.1) is 91.8 Å². The van der Waals surface area contributed by atoms with Crippen molar-refractivity contribution in [2.24, 2.45) is 23.2 Å². The van der Waals surface area contributed by atoms with Crippen molar-refractivity contribution in [2.45, 2.75) is 59.8 Å². The van der Waals surface area contributed by atoms with E-state index in [9.17, 15) is 14.4 Å². The highest BCUT2D eigenvalue weighted by Gasteiger charge is 2.45. The maximum Gasteiger partial charge on any atom is 0.233 e. The number of carbonyl (C=O) groups excluding carboxylic acids is 3. The first-order valence-corrected chi connectivity index (χ1v) is 16.4. The van der Waals surface area contributed by atoms with Gasteiger partial charge in [-0.3, -0.25) is 19.3 Å². The van der Waals surface area contributed by atoms with Gasteiger partial charge in [-0.2, -0.15) is 0 Å². The Morgan fingerprint density at radius 1 is 0.705 bits per heavy atom. The Morgan fingerprint density at radius 3 is 1.55 bits per heavy atom. The average Bonchev–Trinajstić information content (AvgIpc) is 3.29. The summed E-state index contributed by atoms with van der Waals surface area (Å²) >= 11 is 0. The van der Waals surface area contributed by atoms with E-state index in [1.807, 2.05) is 27.7 Å². The first kappa shape index (κ1) is 38.5. The van der Waals surface area contributed by atoms with Crippen molar-refractivity contribution in [3.63, 3.8) is 0 Å². The molecule has 2 aliphatic rings. The maximum absolute atomic E-state index is 12.8. The van der Waals surface area contributed by atoms with Crippen molar-refractivity contribution >= 4 is 17.7 Å². The Bertz CT molecular complexity index is 798. The highest BCUT2D eigenvalue weighted by molar-refractivity contribution is 6.03. The van der Waals surface area contributed by atoms with Gasteiger partial charge in [-0.15, -0.1) is 0 Å². The zero-order valence-corrected chi connectivity index (χ0v) is 27.6. The predicted octanol–water partition coefficient (Wildman–Crippen LogP) is 2.47. The fraction of sp³-hybridized carbons (Fsp3) is 0.906. The van der Waals surface area contributed by atoms with Crippen LogP contribution in [-0.2, 0) is 47.5 Å². The van der Waals surface area contributed by atoms with Crippen molar-refractivity contribution in [2.75, 3.05) is 106 Å². The maximum atomic E-state index is 12.8. The highest BCUT2D eigenvalue weighted by Crippen LogP contribution is 2.37. The fourth-order valence-corrected chi connectivity index (χ4v) is 5.27. The van der Waals surface area contributed by atoms with E-state index in [1.165, 1.54) is 4.90 Å². The zero-order chi connectivity index (χ0) is 32.0. The van der Waals surface area contributed by atoms with Crippen LogP contribution in [0.3, 0.4) is 0 Å². The van der Waals surface area contributed by atoms with Gasteiger partial charge >= 0.3 is 0 Å². The largest absolute Gasteiger partial charge is 0.379 e. The van der Waals surface area contributed by atoms with E-state index in [0.717, 1.165) is 25.7 Å². The van der Waals surface area contributed by atoms with Crippen molar-refractivity contribution in [1.29, 1.82) is 0 Å². The Morgan fingerprint density at radius 2 is 1.14 bits per heavy atom. The third-order valence-corrected chi connectivity index (χ3v) is 7.93. The molecule has 2 rings (SSSR count). The number of nitrogens with zero attached hydrogens (tertiary/aromatic N) is 1. The molecule has 1 heterocycles. The Balaban J connectivity index is 1.34. The van der Waals surface area contributed by atoms with E-state index in [2.05, 4.69) is 5.32 Å². The van der Waals surface area contributed by atoms with Gasteiger partial charge in [0.25, 0.3) is 0 Å². The highest BCUT2D eigenvalue weighted by atomic mass is 16.6.